The maximum Gasteiger partial charge on any atom is 0.323 e. The van der Waals surface area contributed by atoms with Gasteiger partial charge in [-0.1, -0.05) is 53.7 Å². The molecule has 5 rings (SSSR count). The maximum atomic E-state index is 12.8. The zero-order chi connectivity index (χ0) is 19.6. The molecule has 1 aliphatic rings. The van der Waals surface area contributed by atoms with Gasteiger partial charge in [0.1, 0.15) is 0 Å². The van der Waals surface area contributed by atoms with Crippen LogP contribution in [0.15, 0.2) is 66.9 Å². The van der Waals surface area contributed by atoms with Gasteiger partial charge in [0.15, 0.2) is 5.82 Å². The van der Waals surface area contributed by atoms with Gasteiger partial charge in [0.25, 0.3) is 0 Å². The minimum atomic E-state index is -0.143. The standard InChI is InChI=1S/C22H22N6O/c29-22(23-21-16-27(25-24-21)14-17-7-2-1-3-8-17)26-11-6-12-28-19(15-26)13-18-9-4-5-10-20(18)28/h1-5,7-10,13,16H,6,11-12,14-15H2,(H,23,29). The summed E-state index contributed by atoms with van der Waals surface area (Å²) in [7, 11) is 0. The molecular weight excluding hydrogens is 364 g/mol. The van der Waals surface area contributed by atoms with Gasteiger partial charge in [-0.15, -0.1) is 5.10 Å². The Kier molecular flexibility index (Phi) is 4.48. The summed E-state index contributed by atoms with van der Waals surface area (Å²) in [6, 6.07) is 20.4. The molecule has 29 heavy (non-hydrogen) atoms. The van der Waals surface area contributed by atoms with E-state index in [0.717, 1.165) is 24.2 Å². The van der Waals surface area contributed by atoms with Gasteiger partial charge in [-0.3, -0.25) is 5.32 Å². The Hall–Kier alpha value is -3.61. The van der Waals surface area contributed by atoms with E-state index in [1.165, 1.54) is 10.9 Å². The minimum absolute atomic E-state index is 0.143. The van der Waals surface area contributed by atoms with Crippen LogP contribution in [0.3, 0.4) is 0 Å². The monoisotopic (exact) mass is 386 g/mol. The van der Waals surface area contributed by atoms with E-state index in [9.17, 15) is 4.79 Å². The number of nitrogens with zero attached hydrogens (tertiary/aromatic N) is 5. The van der Waals surface area contributed by atoms with Crippen LogP contribution in [0.25, 0.3) is 10.9 Å². The van der Waals surface area contributed by atoms with Gasteiger partial charge >= 0.3 is 6.03 Å². The number of carbonyl (C=O) groups excluding carboxylic acids is 1. The highest BCUT2D eigenvalue weighted by molar-refractivity contribution is 5.88. The molecule has 2 aromatic heterocycles. The van der Waals surface area contributed by atoms with Crippen LogP contribution in [0.1, 0.15) is 17.7 Å². The molecule has 4 aromatic rings. The van der Waals surface area contributed by atoms with Gasteiger partial charge in [-0.25, -0.2) is 9.48 Å². The van der Waals surface area contributed by atoms with E-state index in [-0.39, 0.29) is 6.03 Å². The van der Waals surface area contributed by atoms with Gasteiger partial charge in [0.2, 0.25) is 0 Å². The molecule has 1 N–H and O–H groups in total. The number of hydrogen-bond donors (Lipinski definition) is 1. The lowest BCUT2D eigenvalue weighted by Gasteiger charge is -2.19. The Labute approximate surface area is 168 Å². The van der Waals surface area contributed by atoms with E-state index >= 15 is 0 Å². The fraction of sp³-hybridized carbons (Fsp3) is 0.227. The summed E-state index contributed by atoms with van der Waals surface area (Å²) in [6.45, 7) is 2.83. The highest BCUT2D eigenvalue weighted by atomic mass is 16.2. The van der Waals surface area contributed by atoms with Crippen LogP contribution in [0.5, 0.6) is 0 Å². The van der Waals surface area contributed by atoms with Crippen molar-refractivity contribution in [3.63, 3.8) is 0 Å². The third-order valence-electron chi connectivity index (χ3n) is 5.31. The van der Waals surface area contributed by atoms with Crippen molar-refractivity contribution < 1.29 is 4.79 Å². The number of fused-ring (bicyclic) bond motifs is 3. The van der Waals surface area contributed by atoms with E-state index in [4.69, 9.17) is 0 Å². The lowest BCUT2D eigenvalue weighted by atomic mass is 10.2. The molecule has 0 saturated heterocycles. The zero-order valence-corrected chi connectivity index (χ0v) is 16.0. The summed E-state index contributed by atoms with van der Waals surface area (Å²) >= 11 is 0. The van der Waals surface area contributed by atoms with Crippen LogP contribution in [0.2, 0.25) is 0 Å². The Balaban J connectivity index is 1.28. The second kappa shape index (κ2) is 7.43. The first-order valence-electron chi connectivity index (χ1n) is 9.83. The number of carbonyl (C=O) groups is 1. The van der Waals surface area contributed by atoms with Crippen molar-refractivity contribution in [2.45, 2.75) is 26.1 Å². The lowest BCUT2D eigenvalue weighted by molar-refractivity contribution is 0.210. The molecule has 0 saturated carbocycles. The number of hydrogen-bond acceptors (Lipinski definition) is 3. The summed E-state index contributed by atoms with van der Waals surface area (Å²) in [5, 5.41) is 12.3. The fourth-order valence-corrected chi connectivity index (χ4v) is 3.92. The molecule has 2 aromatic carbocycles. The van der Waals surface area contributed by atoms with Crippen molar-refractivity contribution in [2.24, 2.45) is 0 Å². The van der Waals surface area contributed by atoms with E-state index in [1.807, 2.05) is 41.3 Å². The van der Waals surface area contributed by atoms with Crippen LogP contribution in [0, 0.1) is 0 Å². The Morgan fingerprint density at radius 2 is 1.86 bits per heavy atom. The molecule has 146 valence electrons. The molecule has 0 aliphatic carbocycles. The number of para-hydroxylation sites is 1. The number of aryl methyl sites for hydroxylation is 1. The third kappa shape index (κ3) is 3.59. The first kappa shape index (κ1) is 17.5. The van der Waals surface area contributed by atoms with Crippen LogP contribution >= 0.6 is 0 Å². The average Bonchev–Trinajstić information content (AvgIpc) is 3.25. The summed E-state index contributed by atoms with van der Waals surface area (Å²) in [4.78, 5) is 14.7. The van der Waals surface area contributed by atoms with Gasteiger partial charge in [0, 0.05) is 24.3 Å². The molecule has 2 amide bonds. The minimum Gasteiger partial charge on any atom is -0.343 e. The van der Waals surface area contributed by atoms with E-state index < -0.39 is 0 Å². The number of nitrogens with one attached hydrogen (secondary N) is 1. The fourth-order valence-electron chi connectivity index (χ4n) is 3.92. The molecule has 3 heterocycles. The van der Waals surface area contributed by atoms with E-state index in [0.29, 0.717) is 25.5 Å². The first-order valence-corrected chi connectivity index (χ1v) is 9.83. The number of rotatable bonds is 3. The Morgan fingerprint density at radius 1 is 1.03 bits per heavy atom. The van der Waals surface area contributed by atoms with Gasteiger partial charge in [-0.2, -0.15) is 0 Å². The summed E-state index contributed by atoms with van der Waals surface area (Å²) in [5.41, 5.74) is 3.52. The van der Waals surface area contributed by atoms with E-state index in [2.05, 4.69) is 44.5 Å². The summed E-state index contributed by atoms with van der Waals surface area (Å²) in [6.07, 6.45) is 2.68. The van der Waals surface area contributed by atoms with Gasteiger partial charge in [0.05, 0.1) is 19.3 Å². The zero-order valence-electron chi connectivity index (χ0n) is 16.0. The molecule has 7 nitrogen and oxygen atoms in total. The number of benzene rings is 2. The summed E-state index contributed by atoms with van der Waals surface area (Å²) < 4.78 is 4.05. The topological polar surface area (TPSA) is 68.0 Å². The molecule has 0 radical (unpaired) electrons. The second-order valence-corrected chi connectivity index (χ2v) is 7.34. The molecule has 0 bridgehead atoms. The Bertz CT molecular complexity index is 1150. The van der Waals surface area contributed by atoms with Crippen molar-refractivity contribution in [3.8, 4) is 0 Å². The predicted molar refractivity (Wildman–Crippen MR) is 112 cm³/mol. The van der Waals surface area contributed by atoms with Gasteiger partial charge < -0.3 is 9.47 Å². The average molecular weight is 386 g/mol. The van der Waals surface area contributed by atoms with E-state index in [1.54, 1.807) is 10.9 Å². The third-order valence-corrected chi connectivity index (χ3v) is 5.31. The number of anilines is 1. The number of amides is 2. The maximum absolute atomic E-state index is 12.8. The van der Waals surface area contributed by atoms with Crippen molar-refractivity contribution >= 4 is 22.8 Å². The van der Waals surface area contributed by atoms with Crippen LogP contribution in [0.4, 0.5) is 10.6 Å². The Morgan fingerprint density at radius 3 is 2.76 bits per heavy atom. The molecule has 7 heteroatoms. The first-order chi connectivity index (χ1) is 14.3. The largest absolute Gasteiger partial charge is 0.343 e. The quantitative estimate of drug-likeness (QED) is 0.583. The van der Waals surface area contributed by atoms with Crippen molar-refractivity contribution in [1.29, 1.82) is 0 Å². The van der Waals surface area contributed by atoms with Gasteiger partial charge in [-0.05, 0) is 29.5 Å². The normalized spacial score (nSPS) is 13.9. The van der Waals surface area contributed by atoms with Crippen LogP contribution < -0.4 is 5.32 Å². The highest BCUT2D eigenvalue weighted by Gasteiger charge is 2.21. The second-order valence-electron chi connectivity index (χ2n) is 7.34. The SMILES string of the molecule is O=C(Nc1cn(Cc2ccccc2)nn1)N1CCCn2c(cc3ccccc32)C1. The molecule has 0 spiro atoms. The predicted octanol–water partition coefficient (Wildman–Crippen LogP) is 3.72. The van der Waals surface area contributed by atoms with Crippen molar-refractivity contribution in [2.75, 3.05) is 11.9 Å². The summed E-state index contributed by atoms with van der Waals surface area (Å²) in [5.74, 6) is 0.468. The molecule has 0 atom stereocenters. The van der Waals surface area contributed by atoms with Crippen LogP contribution in [-0.2, 0) is 19.6 Å². The molecular formula is C22H22N6O. The highest BCUT2D eigenvalue weighted by Crippen LogP contribution is 2.24. The number of urea groups is 1. The molecule has 0 fully saturated rings. The van der Waals surface area contributed by atoms with Crippen LogP contribution in [-0.4, -0.2) is 37.0 Å². The molecule has 1 aliphatic heterocycles. The number of aromatic nitrogens is 4. The molecule has 0 unspecified atom stereocenters. The van der Waals surface area contributed by atoms with Crippen molar-refractivity contribution in [1.82, 2.24) is 24.5 Å². The smallest absolute Gasteiger partial charge is 0.323 e. The lowest BCUT2D eigenvalue weighted by Crippen LogP contribution is -2.34. The van der Waals surface area contributed by atoms with Crippen molar-refractivity contribution in [3.05, 3.63) is 78.1 Å².